The normalized spacial score (nSPS) is 25.5. The van der Waals surface area contributed by atoms with Gasteiger partial charge in [0.15, 0.2) is 0 Å². The maximum absolute atomic E-state index is 6.06. The third-order valence-corrected chi connectivity index (χ3v) is 5.55. The van der Waals surface area contributed by atoms with Crippen LogP contribution in [0.1, 0.15) is 40.6 Å². The van der Waals surface area contributed by atoms with E-state index in [1.807, 2.05) is 12.1 Å². The number of hydrogen-bond donors (Lipinski definition) is 1. The first-order valence-corrected chi connectivity index (χ1v) is 8.31. The van der Waals surface area contributed by atoms with Crippen molar-refractivity contribution in [1.29, 1.82) is 0 Å². The minimum atomic E-state index is 0.352. The first-order valence-electron chi connectivity index (χ1n) is 7.94. The van der Waals surface area contributed by atoms with Crippen molar-refractivity contribution in [2.45, 2.75) is 32.2 Å². The van der Waals surface area contributed by atoms with Crippen LogP contribution in [0.15, 0.2) is 48.6 Å². The molecule has 1 aliphatic heterocycles. The van der Waals surface area contributed by atoms with Gasteiger partial charge in [0.1, 0.15) is 0 Å². The van der Waals surface area contributed by atoms with E-state index in [0.717, 1.165) is 11.4 Å². The molecule has 112 valence electrons. The highest BCUT2D eigenvalue weighted by Gasteiger charge is 2.38. The highest BCUT2D eigenvalue weighted by atomic mass is 35.5. The van der Waals surface area contributed by atoms with Gasteiger partial charge in [-0.05, 0) is 60.6 Å². The van der Waals surface area contributed by atoms with E-state index in [0.29, 0.717) is 17.9 Å². The standard InChI is InChI=1S/C20H20ClN/c1-12-6-11-18-16-4-3-5-17(16)20(22-19(18)13(12)2)14-7-9-15(21)10-8-14/h3-4,6-11,16-17,20,22H,5H2,1-2H3/t16-,17+,20+/m1/s1. The van der Waals surface area contributed by atoms with Gasteiger partial charge in [0, 0.05) is 16.6 Å². The molecule has 1 N–H and O–H groups in total. The Morgan fingerprint density at radius 3 is 2.59 bits per heavy atom. The summed E-state index contributed by atoms with van der Waals surface area (Å²) in [6.07, 6.45) is 5.86. The smallest absolute Gasteiger partial charge is 0.0554 e. The van der Waals surface area contributed by atoms with Crippen molar-refractivity contribution in [3.63, 3.8) is 0 Å². The Balaban J connectivity index is 1.82. The summed E-state index contributed by atoms with van der Waals surface area (Å²) in [6.45, 7) is 4.41. The van der Waals surface area contributed by atoms with Gasteiger partial charge < -0.3 is 5.32 Å². The van der Waals surface area contributed by atoms with Crippen molar-refractivity contribution < 1.29 is 0 Å². The molecule has 3 atom stereocenters. The molecule has 2 aromatic rings. The number of fused-ring (bicyclic) bond motifs is 3. The molecular weight excluding hydrogens is 290 g/mol. The fraction of sp³-hybridized carbons (Fsp3) is 0.300. The van der Waals surface area contributed by atoms with Crippen LogP contribution >= 0.6 is 11.6 Å². The second-order valence-corrected chi connectivity index (χ2v) is 6.94. The van der Waals surface area contributed by atoms with Gasteiger partial charge in [0.05, 0.1) is 6.04 Å². The fourth-order valence-corrected chi connectivity index (χ4v) is 4.04. The lowest BCUT2D eigenvalue weighted by Crippen LogP contribution is -2.29. The van der Waals surface area contributed by atoms with Crippen LogP contribution in [0.3, 0.4) is 0 Å². The predicted octanol–water partition coefficient (Wildman–Crippen LogP) is 5.78. The van der Waals surface area contributed by atoms with Gasteiger partial charge in [-0.25, -0.2) is 0 Å². The monoisotopic (exact) mass is 309 g/mol. The number of allylic oxidation sites excluding steroid dienone is 2. The number of nitrogens with one attached hydrogen (secondary N) is 1. The van der Waals surface area contributed by atoms with Gasteiger partial charge in [-0.1, -0.05) is 48.0 Å². The minimum Gasteiger partial charge on any atom is -0.377 e. The Morgan fingerprint density at radius 1 is 1.05 bits per heavy atom. The molecule has 0 fully saturated rings. The zero-order chi connectivity index (χ0) is 15.3. The Kier molecular flexibility index (Phi) is 3.27. The van der Waals surface area contributed by atoms with Crippen LogP contribution in [-0.4, -0.2) is 0 Å². The van der Waals surface area contributed by atoms with Crippen LogP contribution < -0.4 is 5.32 Å². The second kappa shape index (κ2) is 5.17. The Morgan fingerprint density at radius 2 is 1.82 bits per heavy atom. The number of halogens is 1. The molecule has 0 saturated heterocycles. The molecule has 4 rings (SSSR count). The van der Waals surface area contributed by atoms with E-state index in [-0.39, 0.29) is 0 Å². The van der Waals surface area contributed by atoms with Crippen LogP contribution in [0.2, 0.25) is 5.02 Å². The third kappa shape index (κ3) is 2.07. The molecule has 0 amide bonds. The average Bonchev–Trinajstić information content (AvgIpc) is 3.01. The van der Waals surface area contributed by atoms with Crippen LogP contribution in [0.25, 0.3) is 0 Å². The molecule has 1 aliphatic carbocycles. The van der Waals surface area contributed by atoms with Crippen molar-refractivity contribution in [1.82, 2.24) is 0 Å². The van der Waals surface area contributed by atoms with Crippen LogP contribution in [0.4, 0.5) is 5.69 Å². The van der Waals surface area contributed by atoms with E-state index >= 15 is 0 Å². The molecule has 0 spiro atoms. The van der Waals surface area contributed by atoms with Crippen molar-refractivity contribution in [3.8, 4) is 0 Å². The van der Waals surface area contributed by atoms with E-state index in [4.69, 9.17) is 11.6 Å². The van der Waals surface area contributed by atoms with Crippen molar-refractivity contribution in [2.24, 2.45) is 5.92 Å². The maximum Gasteiger partial charge on any atom is 0.0554 e. The van der Waals surface area contributed by atoms with E-state index < -0.39 is 0 Å². The zero-order valence-electron chi connectivity index (χ0n) is 12.9. The summed E-state index contributed by atoms with van der Waals surface area (Å²) in [5.41, 5.74) is 6.83. The summed E-state index contributed by atoms with van der Waals surface area (Å²) in [6, 6.07) is 13.2. The first kappa shape index (κ1) is 13.9. The van der Waals surface area contributed by atoms with Gasteiger partial charge >= 0.3 is 0 Å². The van der Waals surface area contributed by atoms with E-state index in [9.17, 15) is 0 Å². The summed E-state index contributed by atoms with van der Waals surface area (Å²) in [5.74, 6) is 1.12. The molecule has 1 heterocycles. The maximum atomic E-state index is 6.06. The summed E-state index contributed by atoms with van der Waals surface area (Å²) < 4.78 is 0. The predicted molar refractivity (Wildman–Crippen MR) is 93.7 cm³/mol. The first-order chi connectivity index (χ1) is 10.6. The Hall–Kier alpha value is -1.73. The molecular formula is C20H20ClN. The fourth-order valence-electron chi connectivity index (χ4n) is 3.92. The Bertz CT molecular complexity index is 745. The molecule has 1 nitrogen and oxygen atoms in total. The number of anilines is 1. The summed E-state index contributed by atoms with van der Waals surface area (Å²) >= 11 is 6.06. The highest BCUT2D eigenvalue weighted by Crippen LogP contribution is 2.50. The lowest BCUT2D eigenvalue weighted by Gasteiger charge is -2.38. The van der Waals surface area contributed by atoms with Crippen LogP contribution in [0, 0.1) is 19.8 Å². The van der Waals surface area contributed by atoms with E-state index in [1.54, 1.807) is 0 Å². The molecule has 0 unspecified atom stereocenters. The molecule has 22 heavy (non-hydrogen) atoms. The summed E-state index contributed by atoms with van der Waals surface area (Å²) in [5, 5.41) is 4.63. The van der Waals surface area contributed by atoms with Crippen molar-refractivity contribution in [2.75, 3.05) is 5.32 Å². The van der Waals surface area contributed by atoms with Crippen LogP contribution in [-0.2, 0) is 0 Å². The summed E-state index contributed by atoms with van der Waals surface area (Å²) in [4.78, 5) is 0. The number of aryl methyl sites for hydroxylation is 1. The molecule has 0 aromatic heterocycles. The minimum absolute atomic E-state index is 0.352. The number of hydrogen-bond acceptors (Lipinski definition) is 1. The highest BCUT2D eigenvalue weighted by molar-refractivity contribution is 6.30. The lowest BCUT2D eigenvalue weighted by molar-refractivity contribution is 0.425. The van der Waals surface area contributed by atoms with E-state index in [2.05, 4.69) is 55.6 Å². The number of benzene rings is 2. The molecule has 2 heteroatoms. The van der Waals surface area contributed by atoms with Gasteiger partial charge in [-0.2, -0.15) is 0 Å². The molecule has 0 radical (unpaired) electrons. The average molecular weight is 310 g/mol. The lowest BCUT2D eigenvalue weighted by atomic mass is 9.76. The van der Waals surface area contributed by atoms with Gasteiger partial charge in [0.2, 0.25) is 0 Å². The zero-order valence-corrected chi connectivity index (χ0v) is 13.7. The molecule has 2 aromatic carbocycles. The molecule has 0 saturated carbocycles. The largest absolute Gasteiger partial charge is 0.377 e. The van der Waals surface area contributed by atoms with E-state index in [1.165, 1.54) is 27.9 Å². The molecule has 2 aliphatic rings. The van der Waals surface area contributed by atoms with Crippen molar-refractivity contribution in [3.05, 3.63) is 75.8 Å². The van der Waals surface area contributed by atoms with Gasteiger partial charge in [-0.3, -0.25) is 0 Å². The quantitative estimate of drug-likeness (QED) is 0.658. The molecule has 0 bridgehead atoms. The third-order valence-electron chi connectivity index (χ3n) is 5.30. The summed E-state index contributed by atoms with van der Waals surface area (Å²) in [7, 11) is 0. The van der Waals surface area contributed by atoms with Gasteiger partial charge in [-0.15, -0.1) is 0 Å². The topological polar surface area (TPSA) is 12.0 Å². The number of rotatable bonds is 1. The second-order valence-electron chi connectivity index (χ2n) is 6.50. The van der Waals surface area contributed by atoms with Crippen LogP contribution in [0.5, 0.6) is 0 Å². The van der Waals surface area contributed by atoms with Gasteiger partial charge in [0.25, 0.3) is 0 Å². The Labute approximate surface area is 137 Å². The SMILES string of the molecule is Cc1ccc2c(c1C)N[C@@H](c1ccc(Cl)cc1)[C@H]1CC=C[C@@H]21. The van der Waals surface area contributed by atoms with Crippen molar-refractivity contribution >= 4 is 17.3 Å².